The summed E-state index contributed by atoms with van der Waals surface area (Å²) in [5.41, 5.74) is 1.91. The minimum atomic E-state index is -0.450. The summed E-state index contributed by atoms with van der Waals surface area (Å²) in [6.45, 7) is 2.56. The number of halogens is 3. The Morgan fingerprint density at radius 1 is 1.24 bits per heavy atom. The molecule has 7 heteroatoms. The number of ether oxygens (including phenoxy) is 2. The molecular formula is C18H12BrI2NO3. The van der Waals surface area contributed by atoms with Gasteiger partial charge in [0.1, 0.15) is 5.75 Å². The lowest BCUT2D eigenvalue weighted by Crippen LogP contribution is -2.05. The predicted octanol–water partition coefficient (Wildman–Crippen LogP) is 5.40. The van der Waals surface area contributed by atoms with Crippen LogP contribution in [0.3, 0.4) is 0 Å². The van der Waals surface area contributed by atoms with E-state index >= 15 is 0 Å². The van der Waals surface area contributed by atoms with E-state index in [0.717, 1.165) is 28.5 Å². The third-order valence-electron chi connectivity index (χ3n) is 3.30. The standard InChI is InChI=1S/C18H12BrI2NO3/c1-2-24-16-13(20)6-10(7-14(16)21)8-15-18(23)25-17(22-15)11-4-3-5-12(19)9-11/h3-9H,2H2,1H3/b15-8-. The predicted molar refractivity (Wildman–Crippen MR) is 118 cm³/mol. The molecule has 0 unspecified atom stereocenters. The summed E-state index contributed by atoms with van der Waals surface area (Å²) in [6.07, 6.45) is 1.73. The number of aliphatic imine (C=N–C) groups is 1. The molecule has 1 aliphatic heterocycles. The summed E-state index contributed by atoms with van der Waals surface area (Å²) in [5, 5.41) is 0. The zero-order valence-corrected chi connectivity index (χ0v) is 19.0. The van der Waals surface area contributed by atoms with Gasteiger partial charge in [0, 0.05) is 10.0 Å². The van der Waals surface area contributed by atoms with E-state index in [4.69, 9.17) is 9.47 Å². The van der Waals surface area contributed by atoms with Crippen LogP contribution >= 0.6 is 61.1 Å². The molecule has 3 rings (SSSR count). The molecule has 0 amide bonds. The third kappa shape index (κ3) is 4.43. The minimum Gasteiger partial charge on any atom is -0.492 e. The largest absolute Gasteiger partial charge is 0.492 e. The van der Waals surface area contributed by atoms with Crippen LogP contribution in [-0.2, 0) is 9.53 Å². The van der Waals surface area contributed by atoms with Gasteiger partial charge in [0.05, 0.1) is 13.7 Å². The maximum atomic E-state index is 12.1. The molecule has 0 bridgehead atoms. The van der Waals surface area contributed by atoms with Crippen molar-refractivity contribution in [2.75, 3.05) is 6.61 Å². The summed E-state index contributed by atoms with van der Waals surface area (Å²) in [6, 6.07) is 11.4. The SMILES string of the molecule is CCOc1c(I)cc(/C=C2\N=C(c3cccc(Br)c3)OC2=O)cc1I. The number of benzene rings is 2. The first-order valence-corrected chi connectivity index (χ1v) is 10.3. The Labute approximate surface area is 181 Å². The number of cyclic esters (lactones) is 1. The van der Waals surface area contributed by atoms with Gasteiger partial charge < -0.3 is 9.47 Å². The van der Waals surface area contributed by atoms with E-state index in [0.29, 0.717) is 12.5 Å². The van der Waals surface area contributed by atoms with E-state index in [-0.39, 0.29) is 5.70 Å². The molecule has 0 saturated carbocycles. The van der Waals surface area contributed by atoms with Gasteiger partial charge in [-0.25, -0.2) is 9.79 Å². The lowest BCUT2D eigenvalue weighted by Gasteiger charge is -2.09. The van der Waals surface area contributed by atoms with Gasteiger partial charge in [0.25, 0.3) is 0 Å². The van der Waals surface area contributed by atoms with Crippen LogP contribution in [0.4, 0.5) is 0 Å². The molecule has 0 atom stereocenters. The molecule has 2 aromatic rings. The molecule has 0 spiro atoms. The maximum Gasteiger partial charge on any atom is 0.363 e. The van der Waals surface area contributed by atoms with Gasteiger partial charge in [0.15, 0.2) is 5.70 Å². The van der Waals surface area contributed by atoms with Crippen LogP contribution in [0.15, 0.2) is 51.6 Å². The van der Waals surface area contributed by atoms with Crippen molar-refractivity contribution in [2.45, 2.75) is 6.92 Å². The molecule has 0 radical (unpaired) electrons. The van der Waals surface area contributed by atoms with Crippen LogP contribution in [-0.4, -0.2) is 18.5 Å². The van der Waals surface area contributed by atoms with Crippen molar-refractivity contribution in [2.24, 2.45) is 4.99 Å². The zero-order chi connectivity index (χ0) is 18.0. The molecular weight excluding hydrogens is 612 g/mol. The molecule has 0 aromatic heterocycles. The zero-order valence-electron chi connectivity index (χ0n) is 13.1. The highest BCUT2D eigenvalue weighted by atomic mass is 127. The van der Waals surface area contributed by atoms with Gasteiger partial charge >= 0.3 is 5.97 Å². The lowest BCUT2D eigenvalue weighted by atomic mass is 10.2. The molecule has 1 heterocycles. The highest BCUT2D eigenvalue weighted by Crippen LogP contribution is 2.30. The molecule has 0 N–H and O–H groups in total. The van der Waals surface area contributed by atoms with Gasteiger partial charge in [-0.05, 0) is 94.1 Å². The van der Waals surface area contributed by atoms with E-state index in [1.54, 1.807) is 6.08 Å². The molecule has 128 valence electrons. The van der Waals surface area contributed by atoms with Gasteiger partial charge in [-0.1, -0.05) is 22.0 Å². The van der Waals surface area contributed by atoms with Gasteiger partial charge in [-0.15, -0.1) is 0 Å². The Bertz CT molecular complexity index is 886. The average molecular weight is 624 g/mol. The molecule has 0 aliphatic carbocycles. The smallest absolute Gasteiger partial charge is 0.363 e. The lowest BCUT2D eigenvalue weighted by molar-refractivity contribution is -0.129. The second-order valence-electron chi connectivity index (χ2n) is 5.09. The number of hydrogen-bond acceptors (Lipinski definition) is 4. The number of carbonyl (C=O) groups is 1. The van der Waals surface area contributed by atoms with Crippen molar-refractivity contribution in [3.63, 3.8) is 0 Å². The van der Waals surface area contributed by atoms with Crippen molar-refractivity contribution in [3.8, 4) is 5.75 Å². The van der Waals surface area contributed by atoms with Crippen LogP contribution in [0, 0.1) is 7.14 Å². The quantitative estimate of drug-likeness (QED) is 0.260. The van der Waals surface area contributed by atoms with Crippen LogP contribution in [0.1, 0.15) is 18.1 Å². The second kappa shape index (κ2) is 8.17. The number of rotatable bonds is 4. The topological polar surface area (TPSA) is 47.9 Å². The van der Waals surface area contributed by atoms with Crippen molar-refractivity contribution in [1.82, 2.24) is 0 Å². The fourth-order valence-corrected chi connectivity index (χ4v) is 4.78. The highest BCUT2D eigenvalue weighted by molar-refractivity contribution is 14.1. The number of carbonyl (C=O) groups excluding carboxylic acids is 1. The van der Waals surface area contributed by atoms with Crippen molar-refractivity contribution in [3.05, 3.63) is 64.8 Å². The number of esters is 1. The van der Waals surface area contributed by atoms with Gasteiger partial charge in [0.2, 0.25) is 5.90 Å². The molecule has 0 saturated heterocycles. The summed E-state index contributed by atoms with van der Waals surface area (Å²) in [4.78, 5) is 16.5. The first-order valence-electron chi connectivity index (χ1n) is 7.38. The Morgan fingerprint density at radius 2 is 1.96 bits per heavy atom. The molecule has 2 aromatic carbocycles. The van der Waals surface area contributed by atoms with Crippen molar-refractivity contribution in [1.29, 1.82) is 0 Å². The fourth-order valence-electron chi connectivity index (χ4n) is 2.26. The van der Waals surface area contributed by atoms with Crippen LogP contribution in [0.2, 0.25) is 0 Å². The van der Waals surface area contributed by atoms with E-state index in [2.05, 4.69) is 66.1 Å². The summed E-state index contributed by atoms with van der Waals surface area (Å²) < 4.78 is 13.8. The molecule has 0 fully saturated rings. The number of nitrogens with zero attached hydrogens (tertiary/aromatic N) is 1. The first-order chi connectivity index (χ1) is 12.0. The van der Waals surface area contributed by atoms with E-state index in [1.165, 1.54) is 0 Å². The Kier molecular flexibility index (Phi) is 6.16. The van der Waals surface area contributed by atoms with Gasteiger partial charge in [-0.3, -0.25) is 0 Å². The summed E-state index contributed by atoms with van der Waals surface area (Å²) >= 11 is 7.86. The molecule has 1 aliphatic rings. The monoisotopic (exact) mass is 623 g/mol. The van der Waals surface area contributed by atoms with E-state index < -0.39 is 5.97 Å². The van der Waals surface area contributed by atoms with Crippen molar-refractivity contribution < 1.29 is 14.3 Å². The molecule has 25 heavy (non-hydrogen) atoms. The number of hydrogen-bond donors (Lipinski definition) is 0. The van der Waals surface area contributed by atoms with E-state index in [1.807, 2.05) is 43.3 Å². The van der Waals surface area contributed by atoms with E-state index in [9.17, 15) is 4.79 Å². The third-order valence-corrected chi connectivity index (χ3v) is 5.40. The van der Waals surface area contributed by atoms with Gasteiger partial charge in [-0.2, -0.15) is 0 Å². The van der Waals surface area contributed by atoms with Crippen LogP contribution < -0.4 is 4.74 Å². The van der Waals surface area contributed by atoms with Crippen molar-refractivity contribution >= 4 is 79.1 Å². The Balaban J connectivity index is 1.94. The van der Waals surface area contributed by atoms with Crippen LogP contribution in [0.25, 0.3) is 6.08 Å². The normalized spacial score (nSPS) is 15.3. The van der Waals surface area contributed by atoms with Crippen LogP contribution in [0.5, 0.6) is 5.75 Å². The summed E-state index contributed by atoms with van der Waals surface area (Å²) in [5.74, 6) is 0.722. The maximum absolute atomic E-state index is 12.1. The Morgan fingerprint density at radius 3 is 2.60 bits per heavy atom. The Hall–Kier alpha value is -0.940. The first kappa shape index (κ1) is 18.8. The second-order valence-corrected chi connectivity index (χ2v) is 8.33. The average Bonchev–Trinajstić information content (AvgIpc) is 2.92. The minimum absolute atomic E-state index is 0.283. The fraction of sp³-hybridized carbons (Fsp3) is 0.111. The molecule has 4 nitrogen and oxygen atoms in total. The highest BCUT2D eigenvalue weighted by Gasteiger charge is 2.24. The summed E-state index contributed by atoms with van der Waals surface area (Å²) in [7, 11) is 0.